The van der Waals surface area contributed by atoms with Gasteiger partial charge in [-0.15, -0.1) is 0 Å². The van der Waals surface area contributed by atoms with E-state index in [9.17, 15) is 24.3 Å². The van der Waals surface area contributed by atoms with Gasteiger partial charge in [0, 0.05) is 39.5 Å². The molecule has 1 aromatic carbocycles. The molecule has 1 aliphatic rings. The highest BCUT2D eigenvalue weighted by atomic mass is 16.7. The Kier molecular flexibility index (Phi) is 9.36. The fourth-order valence-electron chi connectivity index (χ4n) is 3.28. The minimum Gasteiger partial charge on any atom is -0.504 e. The van der Waals surface area contributed by atoms with Crippen LogP contribution in [0, 0.1) is 0 Å². The minimum absolute atomic E-state index is 0.191. The van der Waals surface area contributed by atoms with Gasteiger partial charge in [0.05, 0.1) is 7.11 Å². The second kappa shape index (κ2) is 12.0. The molecular formula is C22H27NO11. The number of aromatic hydroxyl groups is 1. The molecule has 0 aromatic heterocycles. The lowest BCUT2D eigenvalue weighted by Crippen LogP contribution is -2.61. The molecule has 12 heteroatoms. The van der Waals surface area contributed by atoms with Crippen molar-refractivity contribution in [3.05, 3.63) is 23.8 Å². The van der Waals surface area contributed by atoms with Gasteiger partial charge in [-0.1, -0.05) is 6.07 Å². The number of para-hydroxylation sites is 1. The number of ether oxygens (including phenoxy) is 6. The first-order valence-electron chi connectivity index (χ1n) is 10.2. The molecule has 0 amide bonds. The molecule has 1 aliphatic heterocycles. The fourth-order valence-corrected chi connectivity index (χ4v) is 3.28. The van der Waals surface area contributed by atoms with E-state index in [4.69, 9.17) is 28.4 Å². The van der Waals surface area contributed by atoms with Crippen LogP contribution in [0.25, 0.3) is 0 Å². The Balaban J connectivity index is 2.52. The summed E-state index contributed by atoms with van der Waals surface area (Å²) in [4.78, 5) is 51.1. The third-order valence-corrected chi connectivity index (χ3v) is 4.59. The number of carbonyl (C=O) groups excluding carboxylic acids is 4. The standard InChI is InChI=1S/C22H27NO11/c1-11(24)30-10-17-20(31-12(2)25)21(32-13(3)26)18(22(34-17)33-14(4)27)23-9-15-7-6-8-16(29-5)19(15)28/h6-9,17-18,20-22,28H,10H2,1-5H3/t17-,18-,20-,21-,22-/m1/s1. The Morgan fingerprint density at radius 2 is 1.59 bits per heavy atom. The van der Waals surface area contributed by atoms with Crippen molar-refractivity contribution < 1.29 is 52.7 Å². The summed E-state index contributed by atoms with van der Waals surface area (Å²) in [6, 6.07) is 3.48. The van der Waals surface area contributed by atoms with Gasteiger partial charge in [0.15, 0.2) is 29.7 Å². The molecule has 1 N–H and O–H groups in total. The zero-order chi connectivity index (χ0) is 25.4. The van der Waals surface area contributed by atoms with Gasteiger partial charge in [0.25, 0.3) is 0 Å². The number of phenols is 1. The molecule has 1 aromatic rings. The highest BCUT2D eigenvalue weighted by Gasteiger charge is 2.51. The zero-order valence-corrected chi connectivity index (χ0v) is 19.4. The number of hydrogen-bond acceptors (Lipinski definition) is 12. The molecule has 1 saturated heterocycles. The monoisotopic (exact) mass is 481 g/mol. The van der Waals surface area contributed by atoms with E-state index in [-0.39, 0.29) is 23.7 Å². The van der Waals surface area contributed by atoms with Crippen molar-refractivity contribution in [3.63, 3.8) is 0 Å². The van der Waals surface area contributed by atoms with E-state index in [1.54, 1.807) is 12.1 Å². The third-order valence-electron chi connectivity index (χ3n) is 4.59. The number of hydrogen-bond donors (Lipinski definition) is 1. The lowest BCUT2D eigenvalue weighted by molar-refractivity contribution is -0.266. The second-order valence-electron chi connectivity index (χ2n) is 7.27. The third kappa shape index (κ3) is 7.17. The number of esters is 4. The molecule has 12 nitrogen and oxygen atoms in total. The van der Waals surface area contributed by atoms with E-state index < -0.39 is 54.5 Å². The van der Waals surface area contributed by atoms with Crippen LogP contribution >= 0.6 is 0 Å². The molecular weight excluding hydrogens is 454 g/mol. The first kappa shape index (κ1) is 26.6. The molecule has 0 spiro atoms. The van der Waals surface area contributed by atoms with Crippen molar-refractivity contribution in [2.45, 2.75) is 58.3 Å². The Hall–Kier alpha value is -3.67. The van der Waals surface area contributed by atoms with Crippen LogP contribution in [0.3, 0.4) is 0 Å². The van der Waals surface area contributed by atoms with Gasteiger partial charge in [-0.2, -0.15) is 0 Å². The van der Waals surface area contributed by atoms with Crippen molar-refractivity contribution in [2.24, 2.45) is 4.99 Å². The normalized spacial score (nSPS) is 24.2. The number of methoxy groups -OCH3 is 1. The van der Waals surface area contributed by atoms with Gasteiger partial charge >= 0.3 is 23.9 Å². The minimum atomic E-state index is -1.40. The number of phenolic OH excluding ortho intramolecular Hbond substituents is 1. The van der Waals surface area contributed by atoms with Crippen LogP contribution in [0.2, 0.25) is 0 Å². The molecule has 0 saturated carbocycles. The van der Waals surface area contributed by atoms with Crippen molar-refractivity contribution in [1.82, 2.24) is 0 Å². The second-order valence-corrected chi connectivity index (χ2v) is 7.27. The van der Waals surface area contributed by atoms with Crippen molar-refractivity contribution >= 4 is 30.1 Å². The van der Waals surface area contributed by atoms with E-state index in [1.165, 1.54) is 26.3 Å². The summed E-state index contributed by atoms with van der Waals surface area (Å²) in [5.41, 5.74) is 0.244. The summed E-state index contributed by atoms with van der Waals surface area (Å²) >= 11 is 0. The molecule has 0 bridgehead atoms. The Morgan fingerprint density at radius 1 is 0.971 bits per heavy atom. The zero-order valence-electron chi connectivity index (χ0n) is 19.4. The SMILES string of the molecule is COc1cccc(C=N[C@H]2[C@H](OC(C)=O)O[C@H](COC(C)=O)[C@@H](OC(C)=O)[C@@H]2OC(C)=O)c1O. The van der Waals surface area contributed by atoms with Crippen LogP contribution < -0.4 is 4.74 Å². The summed E-state index contributed by atoms with van der Waals surface area (Å²) in [6.07, 6.45) is -3.84. The highest BCUT2D eigenvalue weighted by molar-refractivity contribution is 5.85. The van der Waals surface area contributed by atoms with Gasteiger partial charge in [0.1, 0.15) is 12.7 Å². The summed E-state index contributed by atoms with van der Waals surface area (Å²) in [6.45, 7) is 4.20. The lowest BCUT2D eigenvalue weighted by atomic mass is 9.96. The molecule has 186 valence electrons. The van der Waals surface area contributed by atoms with E-state index in [0.717, 1.165) is 20.8 Å². The van der Waals surface area contributed by atoms with Crippen LogP contribution in [0.15, 0.2) is 23.2 Å². The van der Waals surface area contributed by atoms with Gasteiger partial charge in [0.2, 0.25) is 6.29 Å². The first-order chi connectivity index (χ1) is 16.0. The summed E-state index contributed by atoms with van der Waals surface area (Å²) in [5.74, 6) is -2.84. The molecule has 0 unspecified atom stereocenters. The number of carbonyl (C=O) groups is 4. The smallest absolute Gasteiger partial charge is 0.305 e. The molecule has 34 heavy (non-hydrogen) atoms. The van der Waals surface area contributed by atoms with E-state index in [1.807, 2.05) is 0 Å². The van der Waals surface area contributed by atoms with E-state index in [0.29, 0.717) is 0 Å². The van der Waals surface area contributed by atoms with Crippen LogP contribution in [0.5, 0.6) is 11.5 Å². The number of benzene rings is 1. The Labute approximate surface area is 195 Å². The molecule has 5 atom stereocenters. The largest absolute Gasteiger partial charge is 0.504 e. The summed E-state index contributed by atoms with van der Waals surface area (Å²) in [5, 5.41) is 10.3. The van der Waals surface area contributed by atoms with Crippen LogP contribution in [-0.2, 0) is 42.9 Å². The Morgan fingerprint density at radius 3 is 2.15 bits per heavy atom. The van der Waals surface area contributed by atoms with E-state index >= 15 is 0 Å². The molecule has 0 radical (unpaired) electrons. The van der Waals surface area contributed by atoms with Crippen molar-refractivity contribution in [3.8, 4) is 11.5 Å². The number of rotatable bonds is 8. The van der Waals surface area contributed by atoms with Crippen LogP contribution in [0.4, 0.5) is 0 Å². The van der Waals surface area contributed by atoms with Gasteiger partial charge < -0.3 is 33.5 Å². The molecule has 1 heterocycles. The van der Waals surface area contributed by atoms with Gasteiger partial charge in [-0.3, -0.25) is 24.2 Å². The van der Waals surface area contributed by atoms with Crippen molar-refractivity contribution in [1.29, 1.82) is 0 Å². The van der Waals surface area contributed by atoms with E-state index in [2.05, 4.69) is 4.99 Å². The molecule has 2 rings (SSSR count). The van der Waals surface area contributed by atoms with Crippen LogP contribution in [0.1, 0.15) is 33.3 Å². The summed E-state index contributed by atoms with van der Waals surface area (Å²) < 4.78 is 31.8. The maximum absolute atomic E-state index is 11.9. The summed E-state index contributed by atoms with van der Waals surface area (Å²) in [7, 11) is 1.38. The predicted molar refractivity (Wildman–Crippen MR) is 114 cm³/mol. The van der Waals surface area contributed by atoms with Crippen molar-refractivity contribution in [2.75, 3.05) is 13.7 Å². The number of nitrogens with zero attached hydrogens (tertiary/aromatic N) is 1. The fraction of sp³-hybridized carbons (Fsp3) is 0.500. The van der Waals surface area contributed by atoms with Crippen LogP contribution in [-0.4, -0.2) is 79.6 Å². The Bertz CT molecular complexity index is 945. The average Bonchev–Trinajstić information content (AvgIpc) is 2.73. The molecule has 0 aliphatic carbocycles. The predicted octanol–water partition coefficient (Wildman–Crippen LogP) is 0.903. The maximum Gasteiger partial charge on any atom is 0.305 e. The van der Waals surface area contributed by atoms with Gasteiger partial charge in [-0.25, -0.2) is 0 Å². The molecule has 1 fully saturated rings. The number of aliphatic imine (C=N–C) groups is 1. The van der Waals surface area contributed by atoms with Gasteiger partial charge in [-0.05, 0) is 12.1 Å². The quantitative estimate of drug-likeness (QED) is 0.320. The average molecular weight is 481 g/mol. The first-order valence-corrected chi connectivity index (χ1v) is 10.2. The lowest BCUT2D eigenvalue weighted by Gasteiger charge is -2.42. The topological polar surface area (TPSA) is 156 Å². The highest BCUT2D eigenvalue weighted by Crippen LogP contribution is 2.31. The maximum atomic E-state index is 11.9.